The van der Waals surface area contributed by atoms with Crippen molar-refractivity contribution >= 4 is 27.3 Å². The summed E-state index contributed by atoms with van der Waals surface area (Å²) in [5, 5.41) is 12.1. The van der Waals surface area contributed by atoms with E-state index in [2.05, 4.69) is 4.98 Å². The lowest BCUT2D eigenvalue weighted by Crippen LogP contribution is -2.40. The van der Waals surface area contributed by atoms with Crippen molar-refractivity contribution in [3.05, 3.63) is 69.7 Å². The number of oxazole rings is 1. The van der Waals surface area contributed by atoms with Crippen LogP contribution >= 0.6 is 11.6 Å². The Balaban J connectivity index is 1.52. The summed E-state index contributed by atoms with van der Waals surface area (Å²) in [4.78, 5) is 14.8. The molecule has 0 N–H and O–H groups in total. The molecule has 2 heterocycles. The molecule has 4 rings (SSSR count). The normalized spacial score (nSPS) is 14.9. The molecule has 0 bridgehead atoms. The van der Waals surface area contributed by atoms with Gasteiger partial charge in [-0.15, -0.1) is 0 Å². The van der Waals surface area contributed by atoms with Gasteiger partial charge in [0.25, 0.3) is 0 Å². The largest absolute Gasteiger partial charge is 0.477 e. The molecule has 0 unspecified atom stereocenters. The number of rotatable bonds is 7. The van der Waals surface area contributed by atoms with E-state index >= 15 is 0 Å². The third-order valence-corrected chi connectivity index (χ3v) is 6.91. The van der Waals surface area contributed by atoms with E-state index < -0.39 is 20.6 Å². The molecule has 0 saturated carbocycles. The monoisotopic (exact) mass is 479 g/mol. The zero-order valence-corrected chi connectivity index (χ0v) is 18.2. The van der Waals surface area contributed by atoms with E-state index in [4.69, 9.17) is 25.5 Å². The van der Waals surface area contributed by atoms with Crippen LogP contribution in [0.2, 0.25) is 5.02 Å². The minimum atomic E-state index is -3.88. The van der Waals surface area contributed by atoms with Gasteiger partial charge in [0, 0.05) is 29.7 Å². The van der Waals surface area contributed by atoms with Gasteiger partial charge in [-0.3, -0.25) is 10.1 Å². The van der Waals surface area contributed by atoms with Crippen LogP contribution in [-0.4, -0.2) is 48.9 Å². The number of morpholine rings is 1. The topological polar surface area (TPSA) is 125 Å². The van der Waals surface area contributed by atoms with E-state index in [1.165, 1.54) is 22.6 Å². The molecule has 3 aromatic rings. The molecular formula is C20H18ClN3O7S. The highest BCUT2D eigenvalue weighted by atomic mass is 35.5. The molecule has 1 saturated heterocycles. The van der Waals surface area contributed by atoms with Crippen LogP contribution in [0.4, 0.5) is 5.69 Å². The Labute approximate surface area is 188 Å². The van der Waals surface area contributed by atoms with E-state index in [1.807, 2.05) is 0 Å². The maximum Gasteiger partial charge on any atom is 0.312 e. The van der Waals surface area contributed by atoms with Gasteiger partial charge in [-0.2, -0.15) is 4.31 Å². The highest BCUT2D eigenvalue weighted by molar-refractivity contribution is 7.89. The number of hydrogen-bond acceptors (Lipinski definition) is 8. The minimum absolute atomic E-state index is 0.0952. The Morgan fingerprint density at radius 2 is 1.88 bits per heavy atom. The van der Waals surface area contributed by atoms with Crippen molar-refractivity contribution < 1.29 is 27.2 Å². The van der Waals surface area contributed by atoms with Crippen molar-refractivity contribution in [1.29, 1.82) is 0 Å². The standard InChI is InChI=1S/C20H18ClN3O7S/c21-15-3-1-14(2-4-15)19-12-22-20(31-19)13-30-18-6-5-16(11-17(18)24(25)26)32(27,28)23-7-9-29-10-8-23/h1-6,11-12H,7-10,13H2. The van der Waals surface area contributed by atoms with Crippen LogP contribution in [0.5, 0.6) is 5.75 Å². The molecular weight excluding hydrogens is 462 g/mol. The van der Waals surface area contributed by atoms with Crippen molar-refractivity contribution in [2.24, 2.45) is 0 Å². The smallest absolute Gasteiger partial charge is 0.312 e. The van der Waals surface area contributed by atoms with Gasteiger partial charge >= 0.3 is 5.69 Å². The molecule has 0 spiro atoms. The maximum absolute atomic E-state index is 12.8. The summed E-state index contributed by atoms with van der Waals surface area (Å²) < 4.78 is 43.1. The molecule has 1 aliphatic heterocycles. The Hall–Kier alpha value is -2.99. The zero-order valence-electron chi connectivity index (χ0n) is 16.6. The fourth-order valence-corrected chi connectivity index (χ4v) is 4.68. The van der Waals surface area contributed by atoms with Gasteiger partial charge in [-0.05, 0) is 36.4 Å². The molecule has 1 aliphatic rings. The van der Waals surface area contributed by atoms with Crippen molar-refractivity contribution in [1.82, 2.24) is 9.29 Å². The number of nitro benzene ring substituents is 1. The number of nitro groups is 1. The van der Waals surface area contributed by atoms with Crippen molar-refractivity contribution in [3.63, 3.8) is 0 Å². The van der Waals surface area contributed by atoms with Crippen LogP contribution in [-0.2, 0) is 21.4 Å². The molecule has 0 aliphatic carbocycles. The van der Waals surface area contributed by atoms with Gasteiger partial charge in [0.1, 0.15) is 0 Å². The van der Waals surface area contributed by atoms with E-state index in [0.29, 0.717) is 10.8 Å². The Bertz CT molecular complexity index is 1220. The van der Waals surface area contributed by atoms with E-state index in [0.717, 1.165) is 11.6 Å². The van der Waals surface area contributed by atoms with Crippen LogP contribution in [0, 0.1) is 10.1 Å². The number of nitrogens with zero attached hydrogens (tertiary/aromatic N) is 3. The van der Waals surface area contributed by atoms with Gasteiger partial charge in [0.2, 0.25) is 15.9 Å². The van der Waals surface area contributed by atoms with Crippen LogP contribution < -0.4 is 4.74 Å². The number of ether oxygens (including phenoxy) is 2. The van der Waals surface area contributed by atoms with Crippen LogP contribution in [0.15, 0.2) is 58.0 Å². The Morgan fingerprint density at radius 3 is 2.56 bits per heavy atom. The van der Waals surface area contributed by atoms with E-state index in [1.54, 1.807) is 24.3 Å². The Morgan fingerprint density at radius 1 is 1.16 bits per heavy atom. The van der Waals surface area contributed by atoms with Crippen LogP contribution in [0.1, 0.15) is 5.89 Å². The lowest BCUT2D eigenvalue weighted by atomic mass is 10.2. The van der Waals surface area contributed by atoms with Crippen molar-refractivity contribution in [2.75, 3.05) is 26.3 Å². The molecule has 0 atom stereocenters. The van der Waals surface area contributed by atoms with Gasteiger partial charge in [0.05, 0.1) is 29.2 Å². The van der Waals surface area contributed by atoms with E-state index in [9.17, 15) is 18.5 Å². The molecule has 1 fully saturated rings. The zero-order chi connectivity index (χ0) is 22.7. The average molecular weight is 480 g/mol. The highest BCUT2D eigenvalue weighted by Crippen LogP contribution is 2.32. The van der Waals surface area contributed by atoms with E-state index in [-0.39, 0.29) is 49.4 Å². The molecule has 0 radical (unpaired) electrons. The fourth-order valence-electron chi connectivity index (χ4n) is 3.12. The summed E-state index contributed by atoms with van der Waals surface area (Å²) in [7, 11) is -3.88. The first-order valence-electron chi connectivity index (χ1n) is 9.54. The predicted molar refractivity (Wildman–Crippen MR) is 114 cm³/mol. The molecule has 10 nitrogen and oxygen atoms in total. The van der Waals surface area contributed by atoms with Gasteiger partial charge in [-0.1, -0.05) is 11.6 Å². The lowest BCUT2D eigenvalue weighted by molar-refractivity contribution is -0.386. The first-order valence-corrected chi connectivity index (χ1v) is 11.4. The number of hydrogen-bond donors (Lipinski definition) is 0. The summed E-state index contributed by atoms with van der Waals surface area (Å²) in [5.74, 6) is 0.596. The second-order valence-electron chi connectivity index (χ2n) is 6.82. The summed E-state index contributed by atoms with van der Waals surface area (Å²) in [6, 6.07) is 10.5. The quantitative estimate of drug-likeness (QED) is 0.372. The molecule has 32 heavy (non-hydrogen) atoms. The SMILES string of the molecule is O=[N+]([O-])c1cc(S(=O)(=O)N2CCOCC2)ccc1OCc1ncc(-c2ccc(Cl)cc2)o1. The van der Waals surface area contributed by atoms with Crippen LogP contribution in [0.25, 0.3) is 11.3 Å². The van der Waals surface area contributed by atoms with Crippen LogP contribution in [0.3, 0.4) is 0 Å². The average Bonchev–Trinajstić information content (AvgIpc) is 3.27. The Kier molecular flexibility index (Phi) is 6.42. The summed E-state index contributed by atoms with van der Waals surface area (Å²) in [6.07, 6.45) is 1.51. The fraction of sp³-hybridized carbons (Fsp3) is 0.250. The summed E-state index contributed by atoms with van der Waals surface area (Å²) in [6.45, 7) is 0.750. The second-order valence-corrected chi connectivity index (χ2v) is 9.19. The predicted octanol–water partition coefficient (Wildman–Crippen LogP) is 3.50. The van der Waals surface area contributed by atoms with Gasteiger partial charge < -0.3 is 13.9 Å². The number of aromatic nitrogens is 1. The molecule has 0 amide bonds. The maximum atomic E-state index is 12.8. The van der Waals surface area contributed by atoms with Gasteiger partial charge in [0.15, 0.2) is 18.1 Å². The molecule has 2 aromatic carbocycles. The summed E-state index contributed by atoms with van der Waals surface area (Å²) >= 11 is 5.88. The first kappa shape index (κ1) is 22.2. The first-order chi connectivity index (χ1) is 15.3. The number of sulfonamides is 1. The number of halogens is 1. The number of benzene rings is 2. The second kappa shape index (κ2) is 9.25. The summed E-state index contributed by atoms with van der Waals surface area (Å²) in [5.41, 5.74) is 0.292. The van der Waals surface area contributed by atoms with Crippen molar-refractivity contribution in [2.45, 2.75) is 11.5 Å². The molecule has 1 aromatic heterocycles. The third kappa shape index (κ3) is 4.75. The van der Waals surface area contributed by atoms with Crippen molar-refractivity contribution in [3.8, 4) is 17.1 Å². The highest BCUT2D eigenvalue weighted by Gasteiger charge is 2.29. The lowest BCUT2D eigenvalue weighted by Gasteiger charge is -2.26. The molecule has 168 valence electrons. The minimum Gasteiger partial charge on any atom is -0.477 e. The molecule has 12 heteroatoms. The third-order valence-electron chi connectivity index (χ3n) is 4.77. The van der Waals surface area contributed by atoms with Gasteiger partial charge in [-0.25, -0.2) is 13.4 Å².